The van der Waals surface area contributed by atoms with Gasteiger partial charge in [0.15, 0.2) is 0 Å². The number of pyridine rings is 1. The molecule has 5 heteroatoms. The van der Waals surface area contributed by atoms with Gasteiger partial charge in [-0.05, 0) is 30.7 Å². The second kappa shape index (κ2) is 4.66. The molecule has 0 amide bonds. The van der Waals surface area contributed by atoms with Gasteiger partial charge in [-0.15, -0.1) is 0 Å². The van der Waals surface area contributed by atoms with Crippen LogP contribution in [0, 0.1) is 6.92 Å². The Morgan fingerprint density at radius 1 is 1.28 bits per heavy atom. The van der Waals surface area contributed by atoms with E-state index in [1.807, 2.05) is 37.3 Å². The number of nitrogens with two attached hydrogens (primary N) is 1. The molecule has 0 aliphatic carbocycles. The quantitative estimate of drug-likeness (QED) is 0.913. The molecule has 0 bridgehead atoms. The van der Waals surface area contributed by atoms with Gasteiger partial charge in [0.2, 0.25) is 0 Å². The first-order chi connectivity index (χ1) is 8.35. The summed E-state index contributed by atoms with van der Waals surface area (Å²) in [7, 11) is -3.07. The molecule has 0 aliphatic heterocycles. The smallest absolute Gasteiger partial charge is 0.149 e. The van der Waals surface area contributed by atoms with E-state index in [-0.39, 0.29) is 5.75 Å². The Kier molecular flexibility index (Phi) is 3.36. The highest BCUT2D eigenvalue weighted by molar-refractivity contribution is 7.90. The first-order valence-electron chi connectivity index (χ1n) is 5.66. The molecule has 0 saturated carbocycles. The molecule has 1 aromatic heterocycles. The summed E-state index contributed by atoms with van der Waals surface area (Å²) >= 11 is 0. The number of rotatable bonds is 3. The minimum Gasteiger partial charge on any atom is -0.323 e. The van der Waals surface area contributed by atoms with Crippen LogP contribution in [0.15, 0.2) is 30.3 Å². The van der Waals surface area contributed by atoms with Crippen LogP contribution in [-0.2, 0) is 9.84 Å². The number of sulfone groups is 1. The molecule has 4 nitrogen and oxygen atoms in total. The van der Waals surface area contributed by atoms with Crippen molar-refractivity contribution in [1.29, 1.82) is 0 Å². The standard InChI is InChI=1S/C13H16N2O2S/c1-9-3-4-11-7-10(5-6-13(11)15-9)12(14)8-18(2,16)17/h3-7,12H,8,14H2,1-2H3. The summed E-state index contributed by atoms with van der Waals surface area (Å²) in [6, 6.07) is 9.01. The molecule has 0 saturated heterocycles. The molecule has 0 spiro atoms. The van der Waals surface area contributed by atoms with E-state index < -0.39 is 15.9 Å². The van der Waals surface area contributed by atoms with E-state index in [1.165, 1.54) is 6.26 Å². The second-order valence-electron chi connectivity index (χ2n) is 4.60. The van der Waals surface area contributed by atoms with Crippen molar-refractivity contribution in [2.75, 3.05) is 12.0 Å². The molecule has 2 N–H and O–H groups in total. The van der Waals surface area contributed by atoms with Gasteiger partial charge in [0.1, 0.15) is 9.84 Å². The minimum atomic E-state index is -3.07. The van der Waals surface area contributed by atoms with E-state index in [9.17, 15) is 8.42 Å². The Bertz CT molecular complexity index is 680. The van der Waals surface area contributed by atoms with Crippen molar-refractivity contribution in [2.24, 2.45) is 5.73 Å². The zero-order chi connectivity index (χ0) is 13.3. The molecular weight excluding hydrogens is 248 g/mol. The van der Waals surface area contributed by atoms with Crippen molar-refractivity contribution in [3.8, 4) is 0 Å². The average Bonchev–Trinajstić information content (AvgIpc) is 2.26. The summed E-state index contributed by atoms with van der Waals surface area (Å²) in [5.74, 6) is -0.0439. The van der Waals surface area contributed by atoms with E-state index in [0.29, 0.717) is 0 Å². The molecule has 1 heterocycles. The van der Waals surface area contributed by atoms with Gasteiger partial charge in [-0.25, -0.2) is 8.42 Å². The van der Waals surface area contributed by atoms with Crippen LogP contribution >= 0.6 is 0 Å². The monoisotopic (exact) mass is 264 g/mol. The normalized spacial score (nSPS) is 13.7. The number of nitrogens with zero attached hydrogens (tertiary/aromatic N) is 1. The van der Waals surface area contributed by atoms with Crippen LogP contribution in [0.1, 0.15) is 17.3 Å². The maximum Gasteiger partial charge on any atom is 0.149 e. The zero-order valence-corrected chi connectivity index (χ0v) is 11.2. The highest BCUT2D eigenvalue weighted by atomic mass is 32.2. The number of aryl methyl sites for hydroxylation is 1. The van der Waals surface area contributed by atoms with Gasteiger partial charge in [0.25, 0.3) is 0 Å². The molecule has 0 fully saturated rings. The summed E-state index contributed by atoms with van der Waals surface area (Å²) in [4.78, 5) is 4.39. The van der Waals surface area contributed by atoms with Gasteiger partial charge >= 0.3 is 0 Å². The van der Waals surface area contributed by atoms with Crippen molar-refractivity contribution in [3.63, 3.8) is 0 Å². The lowest BCUT2D eigenvalue weighted by atomic mass is 10.1. The summed E-state index contributed by atoms with van der Waals surface area (Å²) < 4.78 is 22.5. The lowest BCUT2D eigenvalue weighted by Crippen LogP contribution is -2.20. The van der Waals surface area contributed by atoms with E-state index >= 15 is 0 Å². The third-order valence-corrected chi connectivity index (χ3v) is 3.73. The number of hydrogen-bond acceptors (Lipinski definition) is 4. The summed E-state index contributed by atoms with van der Waals surface area (Å²) in [5.41, 5.74) is 8.57. The first kappa shape index (κ1) is 13.0. The zero-order valence-electron chi connectivity index (χ0n) is 10.4. The van der Waals surface area contributed by atoms with E-state index in [2.05, 4.69) is 4.98 Å². The van der Waals surface area contributed by atoms with Gasteiger partial charge in [0.05, 0.1) is 11.3 Å². The Hall–Kier alpha value is -1.46. The lowest BCUT2D eigenvalue weighted by molar-refractivity contribution is 0.595. The first-order valence-corrected chi connectivity index (χ1v) is 7.72. The number of benzene rings is 1. The Labute approximate surface area is 107 Å². The predicted octanol–water partition coefficient (Wildman–Crippen LogP) is 1.59. The molecule has 0 radical (unpaired) electrons. The fraction of sp³-hybridized carbons (Fsp3) is 0.308. The lowest BCUT2D eigenvalue weighted by Gasteiger charge is -2.11. The molecule has 2 aromatic rings. The Balaban J connectivity index is 2.38. The van der Waals surface area contributed by atoms with Crippen LogP contribution < -0.4 is 5.73 Å². The van der Waals surface area contributed by atoms with Crippen LogP contribution in [0.2, 0.25) is 0 Å². The molecular formula is C13H16N2O2S. The second-order valence-corrected chi connectivity index (χ2v) is 6.79. The van der Waals surface area contributed by atoms with Gasteiger partial charge < -0.3 is 5.73 Å². The number of aromatic nitrogens is 1. The van der Waals surface area contributed by atoms with Gasteiger partial charge in [-0.2, -0.15) is 0 Å². The van der Waals surface area contributed by atoms with Crippen LogP contribution in [0.3, 0.4) is 0 Å². The third kappa shape index (κ3) is 3.05. The van der Waals surface area contributed by atoms with Crippen molar-refractivity contribution in [1.82, 2.24) is 4.98 Å². The molecule has 1 unspecified atom stereocenters. The minimum absolute atomic E-state index is 0.0439. The predicted molar refractivity (Wildman–Crippen MR) is 73.1 cm³/mol. The van der Waals surface area contributed by atoms with Crippen LogP contribution in [0.4, 0.5) is 0 Å². The molecule has 2 rings (SSSR count). The Morgan fingerprint density at radius 3 is 2.67 bits per heavy atom. The highest BCUT2D eigenvalue weighted by Gasteiger charge is 2.13. The highest BCUT2D eigenvalue weighted by Crippen LogP contribution is 2.19. The maximum absolute atomic E-state index is 11.2. The van der Waals surface area contributed by atoms with Crippen molar-refractivity contribution in [2.45, 2.75) is 13.0 Å². The van der Waals surface area contributed by atoms with Crippen molar-refractivity contribution < 1.29 is 8.42 Å². The SMILES string of the molecule is Cc1ccc2cc(C(N)CS(C)(=O)=O)ccc2n1. The summed E-state index contributed by atoms with van der Waals surface area (Å²) in [6.07, 6.45) is 1.19. The van der Waals surface area contributed by atoms with Gasteiger partial charge in [-0.1, -0.05) is 12.1 Å². The third-order valence-electron chi connectivity index (χ3n) is 2.76. The molecule has 1 atom stereocenters. The summed E-state index contributed by atoms with van der Waals surface area (Å²) in [5, 5.41) is 0.974. The average molecular weight is 264 g/mol. The summed E-state index contributed by atoms with van der Waals surface area (Å²) in [6.45, 7) is 1.93. The van der Waals surface area contributed by atoms with Crippen molar-refractivity contribution >= 4 is 20.7 Å². The topological polar surface area (TPSA) is 73.1 Å². The fourth-order valence-electron chi connectivity index (χ4n) is 1.90. The number of fused-ring (bicyclic) bond motifs is 1. The van der Waals surface area contributed by atoms with Crippen LogP contribution in [0.25, 0.3) is 10.9 Å². The molecule has 0 aliphatic rings. The Morgan fingerprint density at radius 2 is 2.00 bits per heavy atom. The molecule has 18 heavy (non-hydrogen) atoms. The van der Waals surface area contributed by atoms with Gasteiger partial charge in [-0.3, -0.25) is 4.98 Å². The molecule has 96 valence electrons. The van der Waals surface area contributed by atoms with Crippen LogP contribution in [-0.4, -0.2) is 25.4 Å². The van der Waals surface area contributed by atoms with E-state index in [0.717, 1.165) is 22.2 Å². The van der Waals surface area contributed by atoms with Crippen LogP contribution in [0.5, 0.6) is 0 Å². The molecule has 1 aromatic carbocycles. The van der Waals surface area contributed by atoms with Gasteiger partial charge in [0, 0.05) is 23.4 Å². The van der Waals surface area contributed by atoms with Crippen molar-refractivity contribution in [3.05, 3.63) is 41.6 Å². The maximum atomic E-state index is 11.2. The fourth-order valence-corrected chi connectivity index (χ4v) is 2.74. The largest absolute Gasteiger partial charge is 0.323 e. The number of hydrogen-bond donors (Lipinski definition) is 1. The van der Waals surface area contributed by atoms with E-state index in [4.69, 9.17) is 5.73 Å². The van der Waals surface area contributed by atoms with E-state index in [1.54, 1.807) is 0 Å².